The van der Waals surface area contributed by atoms with Crippen molar-refractivity contribution in [2.24, 2.45) is 0 Å². The molecule has 5 rings (SSSR count). The zero-order chi connectivity index (χ0) is 19.8. The van der Waals surface area contributed by atoms with E-state index in [2.05, 4.69) is 46.7 Å². The molecule has 1 aromatic heterocycles. The number of ether oxygens (including phenoxy) is 2. The number of hydrogen-bond donors (Lipinski definition) is 0. The molecule has 2 aliphatic heterocycles. The van der Waals surface area contributed by atoms with Crippen molar-refractivity contribution in [3.8, 4) is 0 Å². The second-order valence-electron chi connectivity index (χ2n) is 7.40. The predicted octanol–water partition coefficient (Wildman–Crippen LogP) is 2.56. The van der Waals surface area contributed by atoms with E-state index in [1.807, 2.05) is 12.1 Å². The predicted molar refractivity (Wildman–Crippen MR) is 109 cm³/mol. The minimum Gasteiger partial charge on any atom is -0.377 e. The van der Waals surface area contributed by atoms with Crippen LogP contribution in [-0.4, -0.2) is 65.3 Å². The first-order valence-electron chi connectivity index (χ1n) is 9.73. The number of carbonyl (C=O) groups excluding carboxylic acids is 1. The highest BCUT2D eigenvalue weighted by atomic mass is 16.5. The van der Waals surface area contributed by atoms with Gasteiger partial charge in [0, 0.05) is 20.2 Å². The Kier molecular flexibility index (Phi) is 4.61. The zero-order valence-electron chi connectivity index (χ0n) is 16.2. The molecule has 0 N–H and O–H groups in total. The van der Waals surface area contributed by atoms with Gasteiger partial charge in [0.25, 0.3) is 5.91 Å². The van der Waals surface area contributed by atoms with Gasteiger partial charge < -0.3 is 14.4 Å². The first-order chi connectivity index (χ1) is 14.2. The summed E-state index contributed by atoms with van der Waals surface area (Å²) in [6.07, 6.45) is 3.74. The fraction of sp³-hybridized carbons (Fsp3) is 0.318. The van der Waals surface area contributed by atoms with Crippen LogP contribution in [0.3, 0.4) is 0 Å². The van der Waals surface area contributed by atoms with Crippen molar-refractivity contribution in [2.45, 2.75) is 12.1 Å². The largest absolute Gasteiger partial charge is 0.377 e. The third-order valence-corrected chi connectivity index (χ3v) is 5.71. The average molecular weight is 390 g/mol. The lowest BCUT2D eigenvalue weighted by Gasteiger charge is -2.16. The first kappa shape index (κ1) is 18.0. The van der Waals surface area contributed by atoms with Crippen LogP contribution in [0.2, 0.25) is 0 Å². The summed E-state index contributed by atoms with van der Waals surface area (Å²) in [7, 11) is 1.65. The number of hydrogen-bond acceptors (Lipinski definition) is 5. The van der Waals surface area contributed by atoms with Crippen LogP contribution in [0.4, 0.5) is 0 Å². The Balaban J connectivity index is 1.33. The molecule has 0 radical (unpaired) electrons. The SMILES string of the molecule is CO[C@@H]1COC[C@H]1n1cc(C(=O)N2CC=C(c3cccc4ccccc34)C2)nn1. The average Bonchev–Trinajstić information content (AvgIpc) is 3.52. The minimum absolute atomic E-state index is 0.0583. The van der Waals surface area contributed by atoms with Crippen molar-refractivity contribution in [2.75, 3.05) is 33.4 Å². The van der Waals surface area contributed by atoms with Crippen LogP contribution >= 0.6 is 0 Å². The van der Waals surface area contributed by atoms with Crippen molar-refractivity contribution >= 4 is 22.3 Å². The normalized spacial score (nSPS) is 21.7. The van der Waals surface area contributed by atoms with Crippen LogP contribution in [0, 0.1) is 0 Å². The molecular weight excluding hydrogens is 368 g/mol. The van der Waals surface area contributed by atoms with E-state index >= 15 is 0 Å². The maximum atomic E-state index is 13.0. The van der Waals surface area contributed by atoms with Gasteiger partial charge in [-0.05, 0) is 21.9 Å². The van der Waals surface area contributed by atoms with Crippen molar-refractivity contribution in [1.82, 2.24) is 19.9 Å². The molecule has 7 nitrogen and oxygen atoms in total. The molecule has 1 fully saturated rings. The van der Waals surface area contributed by atoms with E-state index < -0.39 is 0 Å². The Bertz CT molecular complexity index is 1090. The third-order valence-electron chi connectivity index (χ3n) is 5.71. The lowest BCUT2D eigenvalue weighted by molar-refractivity contribution is 0.0661. The van der Waals surface area contributed by atoms with E-state index in [-0.39, 0.29) is 18.1 Å². The fourth-order valence-electron chi connectivity index (χ4n) is 4.10. The highest BCUT2D eigenvalue weighted by Gasteiger charge is 2.32. The topological polar surface area (TPSA) is 69.5 Å². The van der Waals surface area contributed by atoms with Gasteiger partial charge >= 0.3 is 0 Å². The monoisotopic (exact) mass is 390 g/mol. The molecule has 7 heteroatoms. The van der Waals surface area contributed by atoms with Crippen molar-refractivity contribution in [3.63, 3.8) is 0 Å². The Labute approximate surface area is 168 Å². The van der Waals surface area contributed by atoms with E-state index in [0.717, 1.165) is 5.57 Å². The van der Waals surface area contributed by atoms with Gasteiger partial charge in [-0.1, -0.05) is 53.8 Å². The molecule has 0 bridgehead atoms. The quantitative estimate of drug-likeness (QED) is 0.685. The van der Waals surface area contributed by atoms with Gasteiger partial charge in [-0.15, -0.1) is 5.10 Å². The van der Waals surface area contributed by atoms with Crippen LogP contribution in [-0.2, 0) is 9.47 Å². The number of benzene rings is 2. The first-order valence-corrected chi connectivity index (χ1v) is 9.73. The van der Waals surface area contributed by atoms with Gasteiger partial charge in [-0.2, -0.15) is 0 Å². The summed E-state index contributed by atoms with van der Waals surface area (Å²) < 4.78 is 12.6. The summed E-state index contributed by atoms with van der Waals surface area (Å²) in [5.41, 5.74) is 2.68. The second kappa shape index (κ2) is 7.42. The molecule has 0 unspecified atom stereocenters. The molecule has 3 heterocycles. The van der Waals surface area contributed by atoms with Gasteiger partial charge in [0.15, 0.2) is 5.69 Å². The Morgan fingerprint density at radius 1 is 1.17 bits per heavy atom. The summed E-state index contributed by atoms with van der Waals surface area (Å²) in [5, 5.41) is 10.7. The molecular formula is C22H22N4O3. The van der Waals surface area contributed by atoms with E-state index in [4.69, 9.17) is 9.47 Å². The molecule has 148 valence electrons. The Morgan fingerprint density at radius 2 is 2.03 bits per heavy atom. The second-order valence-corrected chi connectivity index (χ2v) is 7.40. The molecule has 0 aliphatic carbocycles. The van der Waals surface area contributed by atoms with E-state index in [1.165, 1.54) is 16.3 Å². The number of rotatable bonds is 4. The van der Waals surface area contributed by atoms with E-state index in [1.54, 1.807) is 22.9 Å². The Morgan fingerprint density at radius 3 is 2.93 bits per heavy atom. The lowest BCUT2D eigenvalue weighted by atomic mass is 9.99. The van der Waals surface area contributed by atoms with Gasteiger partial charge in [-0.25, -0.2) is 4.68 Å². The summed E-state index contributed by atoms with van der Waals surface area (Å²) in [5.74, 6) is -0.115. The molecule has 2 atom stereocenters. The van der Waals surface area contributed by atoms with Crippen molar-refractivity contribution in [3.05, 3.63) is 66.0 Å². The summed E-state index contributed by atoms with van der Waals surface area (Å²) >= 11 is 0. The van der Waals surface area contributed by atoms with E-state index in [0.29, 0.717) is 32.0 Å². The van der Waals surface area contributed by atoms with E-state index in [9.17, 15) is 4.79 Å². The molecule has 0 saturated carbocycles. The highest BCUT2D eigenvalue weighted by Crippen LogP contribution is 2.29. The smallest absolute Gasteiger partial charge is 0.276 e. The van der Waals surface area contributed by atoms with Gasteiger partial charge in [0.1, 0.15) is 12.1 Å². The minimum atomic E-state index is -0.115. The number of carbonyl (C=O) groups is 1. The van der Waals surface area contributed by atoms with Gasteiger partial charge in [0.05, 0.1) is 19.4 Å². The molecule has 1 amide bonds. The van der Waals surface area contributed by atoms with Crippen LogP contribution < -0.4 is 0 Å². The third kappa shape index (κ3) is 3.22. The standard InChI is InChI=1S/C22H22N4O3/c1-28-21-14-29-13-20(21)26-12-19(23-24-26)22(27)25-10-9-16(11-25)18-8-4-6-15-5-2-3-7-17(15)18/h2-9,12,20-21H,10-11,13-14H2,1H3/t20-,21-/m1/s1. The molecule has 1 saturated heterocycles. The van der Waals surface area contributed by atoms with Gasteiger partial charge in [-0.3, -0.25) is 4.79 Å². The molecule has 3 aromatic rings. The number of nitrogens with zero attached hydrogens (tertiary/aromatic N) is 4. The summed E-state index contributed by atoms with van der Waals surface area (Å²) in [4.78, 5) is 14.8. The van der Waals surface area contributed by atoms with Crippen LogP contribution in [0.5, 0.6) is 0 Å². The lowest BCUT2D eigenvalue weighted by Crippen LogP contribution is -2.29. The van der Waals surface area contributed by atoms with Gasteiger partial charge in [0.2, 0.25) is 0 Å². The number of amides is 1. The Hall–Kier alpha value is -3.03. The van der Waals surface area contributed by atoms with Crippen molar-refractivity contribution in [1.29, 1.82) is 0 Å². The zero-order valence-corrected chi connectivity index (χ0v) is 16.2. The summed E-state index contributed by atoms with van der Waals surface area (Å²) in [6, 6.07) is 14.5. The maximum absolute atomic E-state index is 13.0. The number of aromatic nitrogens is 3. The molecule has 2 aromatic carbocycles. The summed E-state index contributed by atoms with van der Waals surface area (Å²) in [6.45, 7) is 2.16. The van der Waals surface area contributed by atoms with Crippen molar-refractivity contribution < 1.29 is 14.3 Å². The number of methoxy groups -OCH3 is 1. The maximum Gasteiger partial charge on any atom is 0.276 e. The fourth-order valence-corrected chi connectivity index (χ4v) is 4.10. The molecule has 2 aliphatic rings. The molecule has 0 spiro atoms. The van der Waals surface area contributed by atoms with Crippen LogP contribution in [0.15, 0.2) is 54.7 Å². The molecule has 29 heavy (non-hydrogen) atoms. The van der Waals surface area contributed by atoms with Crippen LogP contribution in [0.1, 0.15) is 22.1 Å². The number of fused-ring (bicyclic) bond motifs is 1. The van der Waals surface area contributed by atoms with Crippen LogP contribution in [0.25, 0.3) is 16.3 Å². The highest BCUT2D eigenvalue weighted by molar-refractivity contribution is 5.98.